The van der Waals surface area contributed by atoms with E-state index in [2.05, 4.69) is 65.8 Å². The lowest BCUT2D eigenvalue weighted by atomic mass is 10.0. The molecule has 0 saturated carbocycles. The second-order valence-electron chi connectivity index (χ2n) is 25.2. The molecule has 0 amide bonds. The lowest BCUT2D eigenvalue weighted by Gasteiger charge is -2.21. The summed E-state index contributed by atoms with van der Waals surface area (Å²) in [6, 6.07) is 0. The predicted molar refractivity (Wildman–Crippen MR) is 354 cm³/mol. The second kappa shape index (κ2) is 60.8. The maximum Gasteiger partial charge on any atom is 0.472 e. The fraction of sp³-hybridized carbons (Fsp3) is 0.884. The van der Waals surface area contributed by atoms with Crippen LogP contribution in [0.3, 0.4) is 0 Å². The van der Waals surface area contributed by atoms with Crippen molar-refractivity contribution >= 4 is 39.5 Å². The van der Waals surface area contributed by atoms with Crippen LogP contribution in [0.25, 0.3) is 0 Å². The second-order valence-corrected chi connectivity index (χ2v) is 28.1. The molecule has 0 heterocycles. The molecule has 0 aliphatic rings. The summed E-state index contributed by atoms with van der Waals surface area (Å²) in [6.07, 6.45) is 48.1. The molecule has 0 fully saturated rings. The lowest BCUT2D eigenvalue weighted by molar-refractivity contribution is -0.161. The van der Waals surface area contributed by atoms with Gasteiger partial charge >= 0.3 is 39.5 Å². The Hall–Kier alpha value is -2.46. The fourth-order valence-corrected chi connectivity index (χ4v) is 11.5. The molecule has 0 aromatic carbocycles. The van der Waals surface area contributed by atoms with Crippen LogP contribution in [0.4, 0.5) is 0 Å². The Morgan fingerprint density at radius 1 is 0.352 bits per heavy atom. The van der Waals surface area contributed by atoms with Crippen LogP contribution in [0.15, 0.2) is 24.3 Å². The third-order valence-corrected chi connectivity index (χ3v) is 17.2. The van der Waals surface area contributed by atoms with Gasteiger partial charge in [-0.3, -0.25) is 37.3 Å². The average molecular weight is 1290 g/mol. The SMILES string of the molecule is CCCCCC/C=C\C=C/CCCCCCCC(=O)O[C@H](COC(=O)CCCCCCCCCCCCC(C)C)COP(=O)(O)OC[C@@H](O)COP(=O)(O)OC[C@@H](COC(=O)CCCCCCCCCCCC)OC(=O)CCCCCCCCCC(C)C. The largest absolute Gasteiger partial charge is 0.472 e. The van der Waals surface area contributed by atoms with Crippen molar-refractivity contribution in [3.05, 3.63) is 24.3 Å². The highest BCUT2D eigenvalue weighted by Gasteiger charge is 2.30. The number of phosphoric ester groups is 2. The van der Waals surface area contributed by atoms with Crippen molar-refractivity contribution < 1.29 is 80.2 Å². The number of carbonyl (C=O) groups excluding carboxylic acids is 4. The summed E-state index contributed by atoms with van der Waals surface area (Å²) in [6.45, 7) is 9.39. The molecule has 0 aromatic rings. The van der Waals surface area contributed by atoms with Gasteiger partial charge in [0, 0.05) is 25.7 Å². The topological polar surface area (TPSA) is 237 Å². The molecule has 518 valence electrons. The Balaban J connectivity index is 5.28. The molecule has 2 unspecified atom stereocenters. The van der Waals surface area contributed by atoms with E-state index in [-0.39, 0.29) is 25.7 Å². The average Bonchev–Trinajstić information content (AvgIpc) is 3.66. The molecule has 0 aliphatic heterocycles. The first kappa shape index (κ1) is 85.5. The quantitative estimate of drug-likeness (QED) is 0.0169. The maximum atomic E-state index is 13.0. The minimum absolute atomic E-state index is 0.0845. The van der Waals surface area contributed by atoms with E-state index in [1.165, 1.54) is 128 Å². The van der Waals surface area contributed by atoms with Gasteiger partial charge in [-0.15, -0.1) is 0 Å². The van der Waals surface area contributed by atoms with Crippen molar-refractivity contribution in [1.82, 2.24) is 0 Å². The number of ether oxygens (including phenoxy) is 4. The molecule has 5 atom stereocenters. The molecule has 0 radical (unpaired) electrons. The van der Waals surface area contributed by atoms with Gasteiger partial charge in [0.25, 0.3) is 0 Å². The zero-order valence-corrected chi connectivity index (χ0v) is 58.3. The molecule has 17 nitrogen and oxygen atoms in total. The highest BCUT2D eigenvalue weighted by molar-refractivity contribution is 7.47. The van der Waals surface area contributed by atoms with Crippen molar-refractivity contribution in [3.63, 3.8) is 0 Å². The van der Waals surface area contributed by atoms with Gasteiger partial charge in [-0.25, -0.2) is 9.13 Å². The standard InChI is InChI=1S/C69H130O17P2/c1-7-9-11-13-15-17-19-20-21-22-23-29-35-41-47-53-68(73)85-64(57-80-67(72)52-46-40-34-28-25-24-26-31-37-43-49-61(3)4)59-83-87(75,76)81-55-63(70)56-82-88(77,78)84-60-65(86-69(74)54-48-42-36-30-32-38-44-50-62(5)6)58-79-66(71)51-45-39-33-27-18-16-14-12-10-8-2/h17,19-21,61-65,70H,7-16,18,22-60H2,1-6H3,(H,75,76)(H,77,78)/b19-17-,21-20-/t63-,64-,65-/m1/s1. The van der Waals surface area contributed by atoms with Gasteiger partial charge < -0.3 is 33.8 Å². The van der Waals surface area contributed by atoms with Gasteiger partial charge in [0.15, 0.2) is 12.2 Å². The first-order valence-electron chi connectivity index (χ1n) is 35.3. The number of carbonyl (C=O) groups is 4. The van der Waals surface area contributed by atoms with Crippen LogP contribution in [-0.2, 0) is 65.4 Å². The van der Waals surface area contributed by atoms with Crippen molar-refractivity contribution in [1.29, 1.82) is 0 Å². The van der Waals surface area contributed by atoms with Crippen molar-refractivity contribution in [2.45, 2.75) is 342 Å². The van der Waals surface area contributed by atoms with E-state index in [9.17, 15) is 43.2 Å². The zero-order valence-electron chi connectivity index (χ0n) is 56.5. The number of hydrogen-bond acceptors (Lipinski definition) is 15. The molecule has 0 saturated heterocycles. The summed E-state index contributed by atoms with van der Waals surface area (Å²) in [5, 5.41) is 10.6. The van der Waals surface area contributed by atoms with E-state index in [4.69, 9.17) is 37.0 Å². The Morgan fingerprint density at radius 3 is 0.932 bits per heavy atom. The molecule has 0 rings (SSSR count). The van der Waals surface area contributed by atoms with Crippen LogP contribution in [0.5, 0.6) is 0 Å². The van der Waals surface area contributed by atoms with Gasteiger partial charge in [-0.05, 0) is 63.2 Å². The number of hydrogen-bond donors (Lipinski definition) is 3. The number of aliphatic hydroxyl groups is 1. The van der Waals surface area contributed by atoms with Crippen LogP contribution in [-0.4, -0.2) is 96.7 Å². The van der Waals surface area contributed by atoms with Crippen molar-refractivity contribution in [3.8, 4) is 0 Å². The maximum absolute atomic E-state index is 13.0. The lowest BCUT2D eigenvalue weighted by Crippen LogP contribution is -2.30. The van der Waals surface area contributed by atoms with Gasteiger partial charge in [0.2, 0.25) is 0 Å². The van der Waals surface area contributed by atoms with Gasteiger partial charge in [-0.2, -0.15) is 0 Å². The summed E-state index contributed by atoms with van der Waals surface area (Å²) in [7, 11) is -9.91. The monoisotopic (exact) mass is 1290 g/mol. The van der Waals surface area contributed by atoms with Crippen LogP contribution in [0.1, 0.15) is 324 Å². The van der Waals surface area contributed by atoms with Crippen LogP contribution in [0, 0.1) is 11.8 Å². The van der Waals surface area contributed by atoms with E-state index in [1.807, 2.05) is 0 Å². The van der Waals surface area contributed by atoms with E-state index in [0.29, 0.717) is 31.6 Å². The summed E-state index contributed by atoms with van der Waals surface area (Å²) in [4.78, 5) is 72.4. The van der Waals surface area contributed by atoms with Gasteiger partial charge in [-0.1, -0.05) is 271 Å². The smallest absolute Gasteiger partial charge is 0.462 e. The normalized spacial score (nSPS) is 14.4. The highest BCUT2D eigenvalue weighted by Crippen LogP contribution is 2.45. The van der Waals surface area contributed by atoms with Crippen LogP contribution >= 0.6 is 15.6 Å². The Morgan fingerprint density at radius 2 is 0.614 bits per heavy atom. The van der Waals surface area contributed by atoms with E-state index in [0.717, 1.165) is 109 Å². The summed E-state index contributed by atoms with van der Waals surface area (Å²) in [5.74, 6) is -0.709. The van der Waals surface area contributed by atoms with E-state index in [1.54, 1.807) is 0 Å². The van der Waals surface area contributed by atoms with E-state index >= 15 is 0 Å². The van der Waals surface area contributed by atoms with Gasteiger partial charge in [0.05, 0.1) is 26.4 Å². The molecule has 88 heavy (non-hydrogen) atoms. The molecule has 3 N–H and O–H groups in total. The molecule has 19 heteroatoms. The predicted octanol–water partition coefficient (Wildman–Crippen LogP) is 19.2. The number of esters is 4. The van der Waals surface area contributed by atoms with Crippen molar-refractivity contribution in [2.75, 3.05) is 39.6 Å². The number of unbranched alkanes of at least 4 members (excludes halogenated alkanes) is 33. The van der Waals surface area contributed by atoms with Gasteiger partial charge in [0.1, 0.15) is 19.3 Å². The minimum atomic E-state index is -4.96. The zero-order chi connectivity index (χ0) is 65.0. The molecule has 0 aromatic heterocycles. The number of allylic oxidation sites excluding steroid dienone is 4. The Labute approximate surface area is 535 Å². The first-order chi connectivity index (χ1) is 42.4. The number of aliphatic hydroxyl groups excluding tert-OH is 1. The van der Waals surface area contributed by atoms with Crippen LogP contribution in [0.2, 0.25) is 0 Å². The fourth-order valence-electron chi connectivity index (χ4n) is 9.87. The van der Waals surface area contributed by atoms with Crippen molar-refractivity contribution in [2.24, 2.45) is 11.8 Å². The molecule has 0 aliphatic carbocycles. The minimum Gasteiger partial charge on any atom is -0.462 e. The third-order valence-electron chi connectivity index (χ3n) is 15.3. The molecular weight excluding hydrogens is 1160 g/mol. The Kier molecular flexibility index (Phi) is 59.1. The molecule has 0 spiro atoms. The number of phosphoric acid groups is 2. The van der Waals surface area contributed by atoms with Crippen LogP contribution < -0.4 is 0 Å². The Bertz CT molecular complexity index is 1810. The first-order valence-corrected chi connectivity index (χ1v) is 38.3. The number of rotatable bonds is 66. The van der Waals surface area contributed by atoms with E-state index < -0.39 is 97.5 Å². The summed E-state index contributed by atoms with van der Waals surface area (Å²) < 4.78 is 68.1. The summed E-state index contributed by atoms with van der Waals surface area (Å²) in [5.41, 5.74) is 0. The molecular formula is C69H130O17P2. The highest BCUT2D eigenvalue weighted by atomic mass is 31.2. The summed E-state index contributed by atoms with van der Waals surface area (Å²) >= 11 is 0. The third kappa shape index (κ3) is 62.4. The molecule has 0 bridgehead atoms.